The summed E-state index contributed by atoms with van der Waals surface area (Å²) in [6.45, 7) is 5.37. The van der Waals surface area contributed by atoms with Crippen molar-refractivity contribution in [1.29, 1.82) is 0 Å². The van der Waals surface area contributed by atoms with E-state index in [0.29, 0.717) is 41.8 Å². The Labute approximate surface area is 212 Å². The van der Waals surface area contributed by atoms with Crippen molar-refractivity contribution in [3.05, 3.63) is 33.8 Å². The summed E-state index contributed by atoms with van der Waals surface area (Å²) in [6.07, 6.45) is 4.52. The number of amides is 2. The molecule has 2 saturated heterocycles. The minimum atomic E-state index is -0.848. The molecule has 0 spiro atoms. The normalized spacial score (nSPS) is 19.5. The van der Waals surface area contributed by atoms with Gasteiger partial charge in [0.15, 0.2) is 0 Å². The molecule has 0 radical (unpaired) electrons. The molecule has 2 heterocycles. The van der Waals surface area contributed by atoms with Crippen molar-refractivity contribution < 1.29 is 19.1 Å². The van der Waals surface area contributed by atoms with Crippen LogP contribution in [0.25, 0.3) is 0 Å². The number of ether oxygens (including phenoxy) is 1. The van der Waals surface area contributed by atoms with Gasteiger partial charge in [0.05, 0.1) is 23.6 Å². The van der Waals surface area contributed by atoms with Crippen molar-refractivity contribution in [3.63, 3.8) is 0 Å². The number of rotatable bonds is 9. The van der Waals surface area contributed by atoms with Crippen LogP contribution < -0.4 is 5.32 Å². The van der Waals surface area contributed by atoms with Crippen LogP contribution in [0.3, 0.4) is 0 Å². The summed E-state index contributed by atoms with van der Waals surface area (Å²) in [5.41, 5.74) is 0.309. The molecule has 1 atom stereocenters. The number of carbonyl (C=O) groups excluding carboxylic acids is 3. The third-order valence-electron chi connectivity index (χ3n) is 7.18. The van der Waals surface area contributed by atoms with E-state index in [1.807, 2.05) is 18.2 Å². The van der Waals surface area contributed by atoms with Crippen LogP contribution in [0.1, 0.15) is 63.4 Å². The summed E-state index contributed by atoms with van der Waals surface area (Å²) in [5, 5.41) is 4.02. The standard InChI is InChI=1S/C25H35Cl2N3O4/c1-18(19-6-7-20(26)21(27)17-19)9-14-29-15-10-25(11-16-29,30-13-4-3-5-22(30)31)24(33)28-12-8-23(32)34-2/h6-7,17-18H,3-5,8-16H2,1-2H3,(H,28,33). The van der Waals surface area contributed by atoms with Crippen LogP contribution in [-0.2, 0) is 19.1 Å². The highest BCUT2D eigenvalue weighted by atomic mass is 35.5. The van der Waals surface area contributed by atoms with Crippen LogP contribution in [0.4, 0.5) is 0 Å². The van der Waals surface area contributed by atoms with Crippen molar-refractivity contribution in [2.75, 3.05) is 39.8 Å². The van der Waals surface area contributed by atoms with Crippen molar-refractivity contribution in [3.8, 4) is 0 Å². The first-order valence-electron chi connectivity index (χ1n) is 12.1. The molecule has 2 amide bonds. The minimum absolute atomic E-state index is 0.0519. The summed E-state index contributed by atoms with van der Waals surface area (Å²) in [4.78, 5) is 41.7. The van der Waals surface area contributed by atoms with Gasteiger partial charge in [-0.15, -0.1) is 0 Å². The first kappa shape index (κ1) is 26.8. The highest BCUT2D eigenvalue weighted by Gasteiger charge is 2.48. The molecule has 1 unspecified atom stereocenters. The van der Waals surface area contributed by atoms with Crippen molar-refractivity contribution in [2.45, 2.75) is 63.3 Å². The van der Waals surface area contributed by atoms with Crippen molar-refractivity contribution in [1.82, 2.24) is 15.1 Å². The number of nitrogens with zero attached hydrogens (tertiary/aromatic N) is 2. The monoisotopic (exact) mass is 511 g/mol. The smallest absolute Gasteiger partial charge is 0.307 e. The van der Waals surface area contributed by atoms with Gasteiger partial charge in [-0.3, -0.25) is 14.4 Å². The lowest BCUT2D eigenvalue weighted by Gasteiger charge is -2.48. The molecule has 9 heteroatoms. The van der Waals surface area contributed by atoms with Crippen LogP contribution >= 0.6 is 23.2 Å². The largest absolute Gasteiger partial charge is 0.469 e. The zero-order chi connectivity index (χ0) is 24.7. The highest BCUT2D eigenvalue weighted by Crippen LogP contribution is 2.34. The molecule has 7 nitrogen and oxygen atoms in total. The Kier molecular flexibility index (Phi) is 9.63. The van der Waals surface area contributed by atoms with Crippen LogP contribution in [0, 0.1) is 0 Å². The third-order valence-corrected chi connectivity index (χ3v) is 7.92. The number of halogens is 2. The van der Waals surface area contributed by atoms with Crippen LogP contribution in [-0.4, -0.2) is 73.0 Å². The molecule has 0 bridgehead atoms. The van der Waals surface area contributed by atoms with E-state index < -0.39 is 5.54 Å². The van der Waals surface area contributed by atoms with E-state index in [9.17, 15) is 14.4 Å². The molecule has 0 aliphatic carbocycles. The van der Waals surface area contributed by atoms with E-state index in [1.54, 1.807) is 4.90 Å². The molecule has 1 aromatic rings. The number of methoxy groups -OCH3 is 1. The second-order valence-corrected chi connectivity index (χ2v) is 10.1. The van der Waals surface area contributed by atoms with E-state index in [-0.39, 0.29) is 30.7 Å². The number of likely N-dealkylation sites (tertiary alicyclic amines) is 2. The Bertz CT molecular complexity index is 887. The van der Waals surface area contributed by atoms with Gasteiger partial charge >= 0.3 is 5.97 Å². The summed E-state index contributed by atoms with van der Waals surface area (Å²) >= 11 is 12.2. The third kappa shape index (κ3) is 6.43. The van der Waals surface area contributed by atoms with Gasteiger partial charge in [0.2, 0.25) is 11.8 Å². The summed E-state index contributed by atoms with van der Waals surface area (Å²) in [6, 6.07) is 5.77. The second kappa shape index (κ2) is 12.2. The van der Waals surface area contributed by atoms with Crippen LogP contribution in [0.5, 0.6) is 0 Å². The SMILES string of the molecule is COC(=O)CCNC(=O)C1(N2CCCCC2=O)CCN(CCC(C)c2ccc(Cl)c(Cl)c2)CC1. The average Bonchev–Trinajstić information content (AvgIpc) is 2.84. The number of carbonyl (C=O) groups is 3. The van der Waals surface area contributed by atoms with Gasteiger partial charge in [0.25, 0.3) is 0 Å². The number of esters is 1. The number of hydrogen-bond acceptors (Lipinski definition) is 5. The lowest BCUT2D eigenvalue weighted by Crippen LogP contribution is -2.65. The second-order valence-electron chi connectivity index (χ2n) is 9.32. The van der Waals surface area contributed by atoms with Gasteiger partial charge < -0.3 is 19.9 Å². The lowest BCUT2D eigenvalue weighted by molar-refractivity contribution is -0.154. The van der Waals surface area contributed by atoms with Gasteiger partial charge in [0, 0.05) is 32.6 Å². The van der Waals surface area contributed by atoms with E-state index in [0.717, 1.165) is 44.5 Å². The van der Waals surface area contributed by atoms with E-state index in [4.69, 9.17) is 23.2 Å². The molecule has 0 aromatic heterocycles. The lowest BCUT2D eigenvalue weighted by atomic mass is 9.82. The highest BCUT2D eigenvalue weighted by molar-refractivity contribution is 6.42. The topological polar surface area (TPSA) is 79.0 Å². The molecule has 2 aliphatic heterocycles. The quantitative estimate of drug-likeness (QED) is 0.506. The zero-order valence-corrected chi connectivity index (χ0v) is 21.6. The minimum Gasteiger partial charge on any atom is -0.469 e. The van der Waals surface area contributed by atoms with Gasteiger partial charge in [-0.05, 0) is 62.3 Å². The van der Waals surface area contributed by atoms with Crippen LogP contribution in [0.2, 0.25) is 10.0 Å². The maximum absolute atomic E-state index is 13.4. The van der Waals surface area contributed by atoms with Crippen molar-refractivity contribution >= 4 is 41.0 Å². The number of piperidine rings is 2. The maximum atomic E-state index is 13.4. The molecule has 188 valence electrons. The zero-order valence-electron chi connectivity index (χ0n) is 20.1. The summed E-state index contributed by atoms with van der Waals surface area (Å²) < 4.78 is 4.67. The molecule has 2 aliphatic rings. The van der Waals surface area contributed by atoms with E-state index in [1.165, 1.54) is 7.11 Å². The summed E-state index contributed by atoms with van der Waals surface area (Å²) in [7, 11) is 1.33. The predicted octanol–water partition coefficient (Wildman–Crippen LogP) is 4.01. The van der Waals surface area contributed by atoms with Gasteiger partial charge in [-0.2, -0.15) is 0 Å². The first-order chi connectivity index (χ1) is 16.3. The van der Waals surface area contributed by atoms with Crippen LogP contribution in [0.15, 0.2) is 18.2 Å². The van der Waals surface area contributed by atoms with Gasteiger partial charge in [-0.25, -0.2) is 0 Å². The summed E-state index contributed by atoms with van der Waals surface area (Å²) in [5.74, 6) is -0.146. The molecule has 0 saturated carbocycles. The number of hydrogen-bond donors (Lipinski definition) is 1. The molecule has 2 fully saturated rings. The Morgan fingerprint density at radius 3 is 2.53 bits per heavy atom. The Balaban J connectivity index is 1.61. The fourth-order valence-electron chi connectivity index (χ4n) is 4.93. The molecule has 1 aromatic carbocycles. The predicted molar refractivity (Wildman–Crippen MR) is 133 cm³/mol. The number of nitrogens with one attached hydrogen (secondary N) is 1. The van der Waals surface area contributed by atoms with E-state index >= 15 is 0 Å². The fourth-order valence-corrected chi connectivity index (χ4v) is 5.24. The molecule has 34 heavy (non-hydrogen) atoms. The molecular formula is C25H35Cl2N3O4. The first-order valence-corrected chi connectivity index (χ1v) is 12.9. The molecule has 3 rings (SSSR count). The Hall–Kier alpha value is -1.83. The Morgan fingerprint density at radius 2 is 1.88 bits per heavy atom. The average molecular weight is 512 g/mol. The van der Waals surface area contributed by atoms with Gasteiger partial charge in [0.1, 0.15) is 5.54 Å². The maximum Gasteiger partial charge on any atom is 0.307 e. The van der Waals surface area contributed by atoms with Gasteiger partial charge in [-0.1, -0.05) is 36.2 Å². The fraction of sp³-hybridized carbons (Fsp3) is 0.640. The molecule has 1 N–H and O–H groups in total. The number of benzene rings is 1. The van der Waals surface area contributed by atoms with E-state index in [2.05, 4.69) is 21.9 Å². The van der Waals surface area contributed by atoms with Crippen molar-refractivity contribution in [2.24, 2.45) is 0 Å². The molecular weight excluding hydrogens is 477 g/mol. The Morgan fingerprint density at radius 1 is 1.15 bits per heavy atom.